The molecule has 1 aliphatic rings. The van der Waals surface area contributed by atoms with Crippen LogP contribution in [0.4, 0.5) is 9.59 Å². The number of carbonyl (C=O) groups is 5. The Kier molecular flexibility index (Phi) is 10.4. The maximum absolute atomic E-state index is 12.6. The van der Waals surface area contributed by atoms with Crippen LogP contribution in [0.1, 0.15) is 37.7 Å². The quantitative estimate of drug-likeness (QED) is 0.273. The van der Waals surface area contributed by atoms with E-state index in [4.69, 9.17) is 14.3 Å². The largest absolute Gasteiger partial charge is 0.445 e. The van der Waals surface area contributed by atoms with Crippen LogP contribution in [0.2, 0.25) is 0 Å². The van der Waals surface area contributed by atoms with Crippen LogP contribution < -0.4 is 10.6 Å². The summed E-state index contributed by atoms with van der Waals surface area (Å²) >= 11 is 0. The smallest absolute Gasteiger partial charge is 0.408 e. The van der Waals surface area contributed by atoms with Crippen molar-refractivity contribution in [3.8, 4) is 0 Å². The van der Waals surface area contributed by atoms with E-state index in [-0.39, 0.29) is 39.0 Å². The summed E-state index contributed by atoms with van der Waals surface area (Å²) in [6.45, 7) is 3.80. The lowest BCUT2D eigenvalue weighted by molar-refractivity contribution is -0.199. The van der Waals surface area contributed by atoms with E-state index in [0.717, 1.165) is 5.56 Å². The Morgan fingerprint density at radius 3 is 2.39 bits per heavy atom. The standard InChI is InChI=1S/C22H27N3O8/c1-2-14-31-21(29)23-13-7-6-10-17(20(28)33-25-18(26)11-12-19(25)27)24-22(30)32-15-16-8-4-3-5-9-16/h2-5,8-9,17H,1,6-7,10-15H2,(H,23,29)(H,24,30)/t17-/m0/s1. The van der Waals surface area contributed by atoms with Crippen LogP contribution >= 0.6 is 0 Å². The minimum atomic E-state index is -1.16. The maximum Gasteiger partial charge on any atom is 0.408 e. The molecule has 11 nitrogen and oxygen atoms in total. The lowest BCUT2D eigenvalue weighted by atomic mass is 10.1. The summed E-state index contributed by atoms with van der Waals surface area (Å²) in [5, 5.41) is 5.37. The molecule has 1 heterocycles. The minimum Gasteiger partial charge on any atom is -0.445 e. The number of hydrogen-bond donors (Lipinski definition) is 2. The number of imide groups is 1. The number of benzene rings is 1. The highest BCUT2D eigenvalue weighted by Gasteiger charge is 2.35. The molecular weight excluding hydrogens is 434 g/mol. The highest BCUT2D eigenvalue weighted by molar-refractivity contribution is 6.01. The van der Waals surface area contributed by atoms with Crippen molar-refractivity contribution >= 4 is 30.0 Å². The molecule has 0 radical (unpaired) electrons. The normalized spacial score (nSPS) is 13.8. The van der Waals surface area contributed by atoms with Gasteiger partial charge in [-0.1, -0.05) is 43.0 Å². The number of carbonyl (C=O) groups excluding carboxylic acids is 5. The fraction of sp³-hybridized carbons (Fsp3) is 0.409. The number of rotatable bonds is 12. The van der Waals surface area contributed by atoms with E-state index < -0.39 is 36.0 Å². The first-order valence-electron chi connectivity index (χ1n) is 10.5. The van der Waals surface area contributed by atoms with Crippen LogP contribution in [0.5, 0.6) is 0 Å². The Hall–Kier alpha value is -3.89. The van der Waals surface area contributed by atoms with E-state index in [1.54, 1.807) is 24.3 Å². The van der Waals surface area contributed by atoms with E-state index in [0.29, 0.717) is 17.9 Å². The van der Waals surface area contributed by atoms with E-state index in [1.165, 1.54) is 6.08 Å². The number of nitrogens with zero attached hydrogens (tertiary/aromatic N) is 1. The minimum absolute atomic E-state index is 0.00568. The number of amides is 4. The molecular formula is C22H27N3O8. The summed E-state index contributed by atoms with van der Waals surface area (Å²) in [4.78, 5) is 64.5. The van der Waals surface area contributed by atoms with Crippen molar-refractivity contribution in [2.45, 2.75) is 44.8 Å². The van der Waals surface area contributed by atoms with Crippen molar-refractivity contribution < 1.29 is 38.3 Å². The third-order valence-electron chi connectivity index (χ3n) is 4.50. The van der Waals surface area contributed by atoms with Gasteiger partial charge in [-0.05, 0) is 24.8 Å². The Balaban J connectivity index is 1.86. The van der Waals surface area contributed by atoms with Gasteiger partial charge in [0.1, 0.15) is 19.3 Å². The zero-order valence-corrected chi connectivity index (χ0v) is 18.1. The summed E-state index contributed by atoms with van der Waals surface area (Å²) in [5.74, 6) is -2.21. The van der Waals surface area contributed by atoms with Crippen LogP contribution in [0.25, 0.3) is 0 Å². The van der Waals surface area contributed by atoms with Crippen LogP contribution in [0.15, 0.2) is 43.0 Å². The van der Waals surface area contributed by atoms with E-state index in [2.05, 4.69) is 17.2 Å². The van der Waals surface area contributed by atoms with Crippen LogP contribution in [0, 0.1) is 0 Å². The summed E-state index contributed by atoms with van der Waals surface area (Å²) in [6, 6.07) is 7.80. The van der Waals surface area contributed by atoms with Crippen LogP contribution in [-0.2, 0) is 35.3 Å². The first-order valence-corrected chi connectivity index (χ1v) is 10.5. The van der Waals surface area contributed by atoms with Gasteiger partial charge in [0.2, 0.25) is 0 Å². The van der Waals surface area contributed by atoms with Crippen molar-refractivity contribution in [2.24, 2.45) is 0 Å². The average Bonchev–Trinajstić information content (AvgIpc) is 3.13. The van der Waals surface area contributed by atoms with Gasteiger partial charge in [0, 0.05) is 19.4 Å². The van der Waals surface area contributed by atoms with Gasteiger partial charge in [0.05, 0.1) is 0 Å². The Bertz CT molecular complexity index is 842. The molecule has 0 spiro atoms. The molecule has 1 aromatic carbocycles. The topological polar surface area (TPSA) is 140 Å². The van der Waals surface area contributed by atoms with Gasteiger partial charge in [-0.25, -0.2) is 14.4 Å². The third kappa shape index (κ3) is 9.01. The molecule has 0 aromatic heterocycles. The summed E-state index contributed by atoms with van der Waals surface area (Å²) < 4.78 is 9.91. The lowest BCUT2D eigenvalue weighted by Gasteiger charge is -2.20. The molecule has 33 heavy (non-hydrogen) atoms. The van der Waals surface area contributed by atoms with Crippen LogP contribution in [0.3, 0.4) is 0 Å². The van der Waals surface area contributed by atoms with Gasteiger partial charge >= 0.3 is 18.2 Å². The second kappa shape index (κ2) is 13.5. The fourth-order valence-electron chi connectivity index (χ4n) is 2.82. The average molecular weight is 461 g/mol. The predicted octanol–water partition coefficient (Wildman–Crippen LogP) is 1.97. The molecule has 0 saturated carbocycles. The molecule has 2 N–H and O–H groups in total. The number of alkyl carbamates (subject to hydrolysis) is 2. The number of hydroxylamine groups is 2. The Labute approximate surface area is 191 Å². The first-order chi connectivity index (χ1) is 15.9. The third-order valence-corrected chi connectivity index (χ3v) is 4.50. The molecule has 0 aliphatic carbocycles. The predicted molar refractivity (Wildman–Crippen MR) is 114 cm³/mol. The van der Waals surface area contributed by atoms with Crippen molar-refractivity contribution in [3.63, 3.8) is 0 Å². The maximum atomic E-state index is 12.6. The Morgan fingerprint density at radius 1 is 1.03 bits per heavy atom. The number of nitrogens with one attached hydrogen (secondary N) is 2. The van der Waals surface area contributed by atoms with Crippen molar-refractivity contribution in [1.29, 1.82) is 0 Å². The number of unbranched alkanes of at least 4 members (excludes halogenated alkanes) is 1. The van der Waals surface area contributed by atoms with Gasteiger partial charge in [0.15, 0.2) is 0 Å². The monoisotopic (exact) mass is 461 g/mol. The molecule has 1 aliphatic heterocycles. The first kappa shape index (κ1) is 25.4. The van der Waals surface area contributed by atoms with Gasteiger partial charge in [0.25, 0.3) is 11.8 Å². The van der Waals surface area contributed by atoms with E-state index in [9.17, 15) is 24.0 Å². The highest BCUT2D eigenvalue weighted by atomic mass is 16.7. The van der Waals surface area contributed by atoms with Gasteiger partial charge in [-0.2, -0.15) is 0 Å². The number of ether oxygens (including phenoxy) is 2. The molecule has 1 saturated heterocycles. The molecule has 1 aromatic rings. The fourth-order valence-corrected chi connectivity index (χ4v) is 2.82. The summed E-state index contributed by atoms with van der Waals surface area (Å²) in [7, 11) is 0. The van der Waals surface area contributed by atoms with Crippen LogP contribution in [-0.4, -0.2) is 54.2 Å². The van der Waals surface area contributed by atoms with Gasteiger partial charge in [-0.15, -0.1) is 5.06 Å². The highest BCUT2D eigenvalue weighted by Crippen LogP contribution is 2.14. The lowest BCUT2D eigenvalue weighted by Crippen LogP contribution is -2.45. The molecule has 4 amide bonds. The molecule has 0 bridgehead atoms. The van der Waals surface area contributed by atoms with Crippen molar-refractivity contribution in [1.82, 2.24) is 15.7 Å². The van der Waals surface area contributed by atoms with Crippen molar-refractivity contribution in [3.05, 3.63) is 48.6 Å². The molecule has 0 unspecified atom stereocenters. The van der Waals surface area contributed by atoms with E-state index >= 15 is 0 Å². The summed E-state index contributed by atoms with van der Waals surface area (Å²) in [5.41, 5.74) is 0.759. The zero-order valence-electron chi connectivity index (χ0n) is 18.1. The summed E-state index contributed by atoms with van der Waals surface area (Å²) in [6.07, 6.45) is 0.893. The van der Waals surface area contributed by atoms with Gasteiger partial charge < -0.3 is 24.9 Å². The number of hydrogen-bond acceptors (Lipinski definition) is 8. The second-order valence-corrected chi connectivity index (χ2v) is 7.06. The molecule has 2 rings (SSSR count). The SMILES string of the molecule is C=CCOC(=O)NCCCC[C@H](NC(=O)OCc1ccccc1)C(=O)ON1C(=O)CCC1=O. The zero-order chi connectivity index (χ0) is 24.1. The molecule has 1 fully saturated rings. The van der Waals surface area contributed by atoms with Gasteiger partial charge in [-0.3, -0.25) is 9.59 Å². The molecule has 1 atom stereocenters. The Morgan fingerprint density at radius 2 is 1.73 bits per heavy atom. The van der Waals surface area contributed by atoms with Crippen molar-refractivity contribution in [2.75, 3.05) is 13.2 Å². The van der Waals surface area contributed by atoms with E-state index in [1.807, 2.05) is 6.07 Å². The molecule has 178 valence electrons. The second-order valence-electron chi connectivity index (χ2n) is 7.06. The molecule has 11 heteroatoms.